The second-order valence-electron chi connectivity index (χ2n) is 6.07. The first kappa shape index (κ1) is 13.6. The summed E-state index contributed by atoms with van der Waals surface area (Å²) in [6.07, 6.45) is 6.15. The van der Waals surface area contributed by atoms with Crippen molar-refractivity contribution in [3.8, 4) is 0 Å². The zero-order chi connectivity index (χ0) is 13.9. The van der Waals surface area contributed by atoms with Crippen molar-refractivity contribution in [3.63, 3.8) is 0 Å². The van der Waals surface area contributed by atoms with Gasteiger partial charge in [0.15, 0.2) is 0 Å². The van der Waals surface area contributed by atoms with Gasteiger partial charge in [-0.2, -0.15) is 0 Å². The smallest absolute Gasteiger partial charge is 0.0702 e. The Balaban J connectivity index is 1.96. The van der Waals surface area contributed by atoms with Gasteiger partial charge in [-0.3, -0.25) is 4.98 Å². The maximum atomic E-state index is 4.64. The number of pyridine rings is 1. The van der Waals surface area contributed by atoms with Gasteiger partial charge in [-0.05, 0) is 42.5 Å². The van der Waals surface area contributed by atoms with Gasteiger partial charge in [-0.1, -0.05) is 44.9 Å². The number of benzene rings is 1. The Morgan fingerprint density at radius 3 is 2.90 bits per heavy atom. The second-order valence-corrected chi connectivity index (χ2v) is 6.07. The lowest BCUT2D eigenvalue weighted by Crippen LogP contribution is -2.29. The molecule has 20 heavy (non-hydrogen) atoms. The zero-order valence-corrected chi connectivity index (χ0v) is 12.5. The van der Waals surface area contributed by atoms with Gasteiger partial charge in [0.2, 0.25) is 0 Å². The summed E-state index contributed by atoms with van der Waals surface area (Å²) in [5.74, 6) is 1.56. The molecule has 0 spiro atoms. The summed E-state index contributed by atoms with van der Waals surface area (Å²) in [5, 5.41) is 4.94. The monoisotopic (exact) mass is 268 g/mol. The van der Waals surface area contributed by atoms with E-state index in [9.17, 15) is 0 Å². The topological polar surface area (TPSA) is 24.9 Å². The summed E-state index contributed by atoms with van der Waals surface area (Å²) in [5.41, 5.74) is 2.44. The molecule has 0 amide bonds. The lowest BCUT2D eigenvalue weighted by molar-refractivity contribution is 0.305. The first-order chi connectivity index (χ1) is 9.79. The Morgan fingerprint density at radius 2 is 2.15 bits per heavy atom. The average Bonchev–Trinajstić information content (AvgIpc) is 2.90. The van der Waals surface area contributed by atoms with E-state index in [1.807, 2.05) is 0 Å². The summed E-state index contributed by atoms with van der Waals surface area (Å²) in [4.78, 5) is 4.64. The molecule has 1 N–H and O–H groups in total. The van der Waals surface area contributed by atoms with Crippen LogP contribution in [0, 0.1) is 11.8 Å². The Kier molecular flexibility index (Phi) is 4.02. The number of rotatable bonds is 4. The number of fused-ring (bicyclic) bond motifs is 1. The number of nitrogens with zero attached hydrogens (tertiary/aromatic N) is 1. The minimum atomic E-state index is 0.453. The molecule has 1 saturated carbocycles. The zero-order valence-electron chi connectivity index (χ0n) is 12.5. The third-order valence-electron chi connectivity index (χ3n) is 4.75. The molecule has 1 aliphatic rings. The predicted octanol–water partition coefficient (Wildman–Crippen LogP) is 4.32. The minimum absolute atomic E-state index is 0.453. The van der Waals surface area contributed by atoms with Gasteiger partial charge in [-0.15, -0.1) is 0 Å². The Hall–Kier alpha value is -1.41. The van der Waals surface area contributed by atoms with Gasteiger partial charge in [0.1, 0.15) is 0 Å². The molecule has 2 aromatic rings. The predicted molar refractivity (Wildman–Crippen MR) is 84.7 cm³/mol. The summed E-state index contributed by atoms with van der Waals surface area (Å²) in [6, 6.07) is 11.2. The number of hydrogen-bond acceptors (Lipinski definition) is 2. The number of hydrogen-bond donors (Lipinski definition) is 1. The summed E-state index contributed by atoms with van der Waals surface area (Å²) in [7, 11) is 0. The molecule has 0 radical (unpaired) electrons. The van der Waals surface area contributed by atoms with Crippen molar-refractivity contribution < 1.29 is 0 Å². The molecule has 1 aromatic heterocycles. The molecule has 0 saturated heterocycles. The van der Waals surface area contributed by atoms with E-state index in [0.29, 0.717) is 6.04 Å². The fourth-order valence-electron chi connectivity index (χ4n) is 3.66. The maximum absolute atomic E-state index is 4.64. The Bertz CT molecular complexity index is 578. The van der Waals surface area contributed by atoms with Crippen LogP contribution in [0.15, 0.2) is 36.5 Å². The first-order valence-electron chi connectivity index (χ1n) is 7.87. The quantitative estimate of drug-likeness (QED) is 0.893. The molecule has 1 aromatic carbocycles. The van der Waals surface area contributed by atoms with Gasteiger partial charge in [0, 0.05) is 17.6 Å². The molecule has 1 heterocycles. The summed E-state index contributed by atoms with van der Waals surface area (Å²) < 4.78 is 0. The fraction of sp³-hybridized carbons (Fsp3) is 0.500. The van der Waals surface area contributed by atoms with Crippen LogP contribution in [-0.2, 0) is 0 Å². The Morgan fingerprint density at radius 1 is 1.30 bits per heavy atom. The van der Waals surface area contributed by atoms with Crippen LogP contribution in [0.2, 0.25) is 0 Å². The molecular weight excluding hydrogens is 244 g/mol. The van der Waals surface area contributed by atoms with Crippen molar-refractivity contribution in [1.82, 2.24) is 10.3 Å². The molecule has 0 aliphatic heterocycles. The van der Waals surface area contributed by atoms with Gasteiger partial charge in [0.05, 0.1) is 5.52 Å². The molecule has 3 rings (SSSR count). The van der Waals surface area contributed by atoms with E-state index < -0.39 is 0 Å². The molecule has 1 aliphatic carbocycles. The third-order valence-corrected chi connectivity index (χ3v) is 4.75. The van der Waals surface area contributed by atoms with Crippen molar-refractivity contribution in [2.45, 2.75) is 39.2 Å². The van der Waals surface area contributed by atoms with Crippen molar-refractivity contribution in [2.24, 2.45) is 11.8 Å². The minimum Gasteiger partial charge on any atom is -0.310 e. The number of nitrogens with one attached hydrogen (secondary N) is 1. The highest BCUT2D eigenvalue weighted by molar-refractivity contribution is 5.78. The van der Waals surface area contributed by atoms with Crippen LogP contribution in [0.25, 0.3) is 10.9 Å². The van der Waals surface area contributed by atoms with Crippen LogP contribution in [0.3, 0.4) is 0 Å². The van der Waals surface area contributed by atoms with E-state index in [0.717, 1.165) is 23.9 Å². The number of para-hydroxylation sites is 1. The molecule has 3 atom stereocenters. The highest BCUT2D eigenvalue weighted by Crippen LogP contribution is 2.40. The van der Waals surface area contributed by atoms with Crippen LogP contribution in [0.1, 0.15) is 44.7 Å². The van der Waals surface area contributed by atoms with E-state index in [2.05, 4.69) is 60.7 Å². The second kappa shape index (κ2) is 5.92. The molecule has 2 heteroatoms. The van der Waals surface area contributed by atoms with Crippen LogP contribution in [-0.4, -0.2) is 11.5 Å². The van der Waals surface area contributed by atoms with Gasteiger partial charge >= 0.3 is 0 Å². The van der Waals surface area contributed by atoms with Crippen molar-refractivity contribution in [2.75, 3.05) is 6.54 Å². The highest BCUT2D eigenvalue weighted by atomic mass is 14.9. The van der Waals surface area contributed by atoms with E-state index in [1.54, 1.807) is 0 Å². The Labute approximate surface area is 121 Å². The average molecular weight is 268 g/mol. The highest BCUT2D eigenvalue weighted by Gasteiger charge is 2.31. The summed E-state index contributed by atoms with van der Waals surface area (Å²) >= 11 is 0. The normalized spacial score (nSPS) is 24.1. The van der Waals surface area contributed by atoms with E-state index in [1.165, 1.54) is 30.2 Å². The lowest BCUT2D eigenvalue weighted by atomic mass is 9.86. The standard InChI is InChI=1S/C18H24N2/c1-3-19-18(16-9-6-7-13(16)2)15-11-14-8-4-5-10-17(14)20-12-15/h4-5,8,10-13,16,18-19H,3,6-7,9H2,1-2H3. The SMILES string of the molecule is CCNC(c1cnc2ccccc2c1)C1CCCC1C. The maximum Gasteiger partial charge on any atom is 0.0702 e. The molecule has 1 fully saturated rings. The van der Waals surface area contributed by atoms with E-state index in [-0.39, 0.29) is 0 Å². The van der Waals surface area contributed by atoms with Crippen molar-refractivity contribution >= 4 is 10.9 Å². The van der Waals surface area contributed by atoms with E-state index >= 15 is 0 Å². The molecule has 106 valence electrons. The summed E-state index contributed by atoms with van der Waals surface area (Å²) in [6.45, 7) is 5.61. The fourth-order valence-corrected chi connectivity index (χ4v) is 3.66. The van der Waals surface area contributed by atoms with Crippen molar-refractivity contribution in [1.29, 1.82) is 0 Å². The van der Waals surface area contributed by atoms with Gasteiger partial charge < -0.3 is 5.32 Å². The van der Waals surface area contributed by atoms with Crippen LogP contribution >= 0.6 is 0 Å². The number of aromatic nitrogens is 1. The lowest BCUT2D eigenvalue weighted by Gasteiger charge is -2.28. The molecule has 3 unspecified atom stereocenters. The van der Waals surface area contributed by atoms with Crippen LogP contribution < -0.4 is 5.32 Å². The molecule has 2 nitrogen and oxygen atoms in total. The van der Waals surface area contributed by atoms with Crippen LogP contribution in [0.5, 0.6) is 0 Å². The first-order valence-corrected chi connectivity index (χ1v) is 7.87. The molecule has 0 bridgehead atoms. The van der Waals surface area contributed by atoms with Crippen LogP contribution in [0.4, 0.5) is 0 Å². The molecular formula is C18H24N2. The van der Waals surface area contributed by atoms with E-state index in [4.69, 9.17) is 0 Å². The van der Waals surface area contributed by atoms with Gasteiger partial charge in [0.25, 0.3) is 0 Å². The van der Waals surface area contributed by atoms with Crippen molar-refractivity contribution in [3.05, 3.63) is 42.1 Å². The largest absolute Gasteiger partial charge is 0.310 e. The van der Waals surface area contributed by atoms with Gasteiger partial charge in [-0.25, -0.2) is 0 Å². The third kappa shape index (κ3) is 2.57.